The standard InChI is InChI=1S/C23H25N3O3/c1-23(28)10-13-25(14-11-23)21-8-7-19(16-24-21)26-12-9-20(15-22(26)27)29-17-18-5-3-2-4-6-18/h2-9,12,15-16,28H,10-11,13-14,17H2,1H3. The van der Waals surface area contributed by atoms with Crippen LogP contribution in [-0.4, -0.2) is 33.3 Å². The maximum absolute atomic E-state index is 12.5. The van der Waals surface area contributed by atoms with Crippen molar-refractivity contribution in [3.8, 4) is 11.4 Å². The molecule has 0 bridgehead atoms. The largest absolute Gasteiger partial charge is 0.489 e. The smallest absolute Gasteiger partial charge is 0.258 e. The van der Waals surface area contributed by atoms with Gasteiger partial charge < -0.3 is 14.7 Å². The lowest BCUT2D eigenvalue weighted by molar-refractivity contribution is 0.0350. The molecule has 6 nitrogen and oxygen atoms in total. The maximum atomic E-state index is 12.5. The topological polar surface area (TPSA) is 67.6 Å². The molecule has 0 spiro atoms. The molecule has 0 radical (unpaired) electrons. The summed E-state index contributed by atoms with van der Waals surface area (Å²) < 4.78 is 7.27. The van der Waals surface area contributed by atoms with Gasteiger partial charge in [0.25, 0.3) is 5.56 Å². The summed E-state index contributed by atoms with van der Waals surface area (Å²) in [6.07, 6.45) is 4.85. The molecule has 1 aromatic carbocycles. The highest BCUT2D eigenvalue weighted by molar-refractivity contribution is 5.44. The van der Waals surface area contributed by atoms with E-state index < -0.39 is 5.60 Å². The van der Waals surface area contributed by atoms with E-state index >= 15 is 0 Å². The second-order valence-corrected chi connectivity index (χ2v) is 7.70. The Hall–Kier alpha value is -3.12. The molecule has 4 rings (SSSR count). The minimum atomic E-state index is -0.589. The fraction of sp³-hybridized carbons (Fsp3) is 0.304. The molecule has 1 saturated heterocycles. The lowest BCUT2D eigenvalue weighted by atomic mass is 9.94. The number of hydrogen-bond acceptors (Lipinski definition) is 5. The zero-order valence-electron chi connectivity index (χ0n) is 16.5. The third kappa shape index (κ3) is 4.66. The van der Waals surface area contributed by atoms with E-state index in [1.807, 2.05) is 49.4 Å². The van der Waals surface area contributed by atoms with Crippen LogP contribution in [0.3, 0.4) is 0 Å². The Kier molecular flexibility index (Phi) is 5.36. The van der Waals surface area contributed by atoms with E-state index in [1.54, 1.807) is 23.0 Å². The highest BCUT2D eigenvalue weighted by Gasteiger charge is 2.27. The number of hydrogen-bond donors (Lipinski definition) is 1. The van der Waals surface area contributed by atoms with Crippen molar-refractivity contribution in [1.82, 2.24) is 9.55 Å². The number of aromatic nitrogens is 2. The van der Waals surface area contributed by atoms with Crippen LogP contribution < -0.4 is 15.2 Å². The van der Waals surface area contributed by atoms with E-state index in [0.29, 0.717) is 18.0 Å². The molecule has 3 aromatic rings. The molecule has 3 heterocycles. The lowest BCUT2D eigenvalue weighted by Crippen LogP contribution is -2.42. The Morgan fingerprint density at radius 2 is 1.86 bits per heavy atom. The second kappa shape index (κ2) is 8.09. The monoisotopic (exact) mass is 391 g/mol. The van der Waals surface area contributed by atoms with Crippen LogP contribution in [0.15, 0.2) is 71.8 Å². The van der Waals surface area contributed by atoms with E-state index in [0.717, 1.165) is 37.3 Å². The molecular formula is C23H25N3O3. The van der Waals surface area contributed by atoms with Gasteiger partial charge in [-0.05, 0) is 43.5 Å². The van der Waals surface area contributed by atoms with E-state index in [1.165, 1.54) is 6.07 Å². The van der Waals surface area contributed by atoms with Crippen molar-refractivity contribution in [3.63, 3.8) is 0 Å². The summed E-state index contributed by atoms with van der Waals surface area (Å²) in [6, 6.07) is 16.9. The molecule has 2 aromatic heterocycles. The van der Waals surface area contributed by atoms with Gasteiger partial charge in [0.1, 0.15) is 18.2 Å². The molecule has 6 heteroatoms. The van der Waals surface area contributed by atoms with Gasteiger partial charge in [0.05, 0.1) is 17.5 Å². The van der Waals surface area contributed by atoms with Crippen LogP contribution in [0.5, 0.6) is 5.75 Å². The molecule has 0 aliphatic carbocycles. The number of aliphatic hydroxyl groups is 1. The predicted octanol–water partition coefficient (Wildman–Crippen LogP) is 3.16. The van der Waals surface area contributed by atoms with Gasteiger partial charge in [0.15, 0.2) is 0 Å². The van der Waals surface area contributed by atoms with Gasteiger partial charge in [0, 0.05) is 25.4 Å². The van der Waals surface area contributed by atoms with Gasteiger partial charge >= 0.3 is 0 Å². The molecule has 0 saturated carbocycles. The molecule has 29 heavy (non-hydrogen) atoms. The summed E-state index contributed by atoms with van der Waals surface area (Å²) in [5.74, 6) is 1.40. The van der Waals surface area contributed by atoms with Crippen molar-refractivity contribution in [3.05, 3.63) is 82.9 Å². The van der Waals surface area contributed by atoms with Crippen LogP contribution in [0.2, 0.25) is 0 Å². The summed E-state index contributed by atoms with van der Waals surface area (Å²) in [5.41, 5.74) is 1.00. The molecule has 1 N–H and O–H groups in total. The van der Waals surface area contributed by atoms with Crippen molar-refractivity contribution >= 4 is 5.82 Å². The average Bonchev–Trinajstić information content (AvgIpc) is 2.73. The normalized spacial score (nSPS) is 15.9. The summed E-state index contributed by atoms with van der Waals surface area (Å²) in [6.45, 7) is 3.84. The van der Waals surface area contributed by atoms with E-state index in [-0.39, 0.29) is 5.56 Å². The van der Waals surface area contributed by atoms with E-state index in [9.17, 15) is 9.90 Å². The molecule has 0 amide bonds. The van der Waals surface area contributed by atoms with Gasteiger partial charge in [-0.25, -0.2) is 4.98 Å². The number of ether oxygens (including phenoxy) is 1. The van der Waals surface area contributed by atoms with Crippen LogP contribution >= 0.6 is 0 Å². The molecule has 1 aliphatic heterocycles. The van der Waals surface area contributed by atoms with Crippen LogP contribution in [0.25, 0.3) is 5.69 Å². The van der Waals surface area contributed by atoms with Crippen molar-refractivity contribution in [2.24, 2.45) is 0 Å². The Morgan fingerprint density at radius 3 is 2.52 bits per heavy atom. The minimum absolute atomic E-state index is 0.167. The van der Waals surface area contributed by atoms with Crippen molar-refractivity contribution < 1.29 is 9.84 Å². The highest BCUT2D eigenvalue weighted by atomic mass is 16.5. The summed E-state index contributed by atoms with van der Waals surface area (Å²) in [5, 5.41) is 10.1. The fourth-order valence-corrected chi connectivity index (χ4v) is 3.43. The maximum Gasteiger partial charge on any atom is 0.258 e. The van der Waals surface area contributed by atoms with Gasteiger partial charge in [-0.15, -0.1) is 0 Å². The Balaban J connectivity index is 1.44. The number of benzene rings is 1. The lowest BCUT2D eigenvalue weighted by Gasteiger charge is -2.36. The van der Waals surface area contributed by atoms with Crippen LogP contribution in [0, 0.1) is 0 Å². The third-order valence-electron chi connectivity index (χ3n) is 5.31. The number of anilines is 1. The summed E-state index contributed by atoms with van der Waals surface area (Å²) >= 11 is 0. The number of rotatable bonds is 5. The summed E-state index contributed by atoms with van der Waals surface area (Å²) in [7, 11) is 0. The van der Waals surface area contributed by atoms with Gasteiger partial charge in [-0.3, -0.25) is 9.36 Å². The quantitative estimate of drug-likeness (QED) is 0.724. The first-order valence-corrected chi connectivity index (χ1v) is 9.83. The minimum Gasteiger partial charge on any atom is -0.489 e. The van der Waals surface area contributed by atoms with Gasteiger partial charge in [0.2, 0.25) is 0 Å². The predicted molar refractivity (Wildman–Crippen MR) is 113 cm³/mol. The molecular weight excluding hydrogens is 366 g/mol. The zero-order chi connectivity index (χ0) is 20.3. The van der Waals surface area contributed by atoms with Crippen LogP contribution in [0.4, 0.5) is 5.82 Å². The number of nitrogens with zero attached hydrogens (tertiary/aromatic N) is 3. The SMILES string of the molecule is CC1(O)CCN(c2ccc(-n3ccc(OCc4ccccc4)cc3=O)cn2)CC1. The van der Waals surface area contributed by atoms with Crippen molar-refractivity contribution in [1.29, 1.82) is 0 Å². The van der Waals surface area contributed by atoms with Crippen LogP contribution in [0.1, 0.15) is 25.3 Å². The number of piperidine rings is 1. The zero-order valence-corrected chi connectivity index (χ0v) is 16.5. The Morgan fingerprint density at radius 1 is 1.10 bits per heavy atom. The first-order chi connectivity index (χ1) is 14.0. The highest BCUT2D eigenvalue weighted by Crippen LogP contribution is 2.25. The second-order valence-electron chi connectivity index (χ2n) is 7.70. The third-order valence-corrected chi connectivity index (χ3v) is 5.31. The molecule has 1 aliphatic rings. The molecule has 0 unspecified atom stereocenters. The van der Waals surface area contributed by atoms with Gasteiger partial charge in [-0.1, -0.05) is 30.3 Å². The summed E-state index contributed by atoms with van der Waals surface area (Å²) in [4.78, 5) is 19.2. The Bertz CT molecular complexity index is 1000. The van der Waals surface area contributed by atoms with Gasteiger partial charge in [-0.2, -0.15) is 0 Å². The van der Waals surface area contributed by atoms with Crippen molar-refractivity contribution in [2.75, 3.05) is 18.0 Å². The van der Waals surface area contributed by atoms with E-state index in [2.05, 4.69) is 9.88 Å². The molecule has 1 fully saturated rings. The average molecular weight is 391 g/mol. The van der Waals surface area contributed by atoms with E-state index in [4.69, 9.17) is 4.74 Å². The Labute approximate surface area is 170 Å². The van der Waals surface area contributed by atoms with Crippen molar-refractivity contribution in [2.45, 2.75) is 32.0 Å². The number of pyridine rings is 2. The fourth-order valence-electron chi connectivity index (χ4n) is 3.43. The first kappa shape index (κ1) is 19.2. The van der Waals surface area contributed by atoms with Crippen LogP contribution in [-0.2, 0) is 6.61 Å². The molecule has 150 valence electrons. The molecule has 0 atom stereocenters. The first-order valence-electron chi connectivity index (χ1n) is 9.83.